The zero-order valence-electron chi connectivity index (χ0n) is 12.8. The Labute approximate surface area is 115 Å². The van der Waals surface area contributed by atoms with Crippen molar-refractivity contribution in [2.75, 3.05) is 0 Å². The van der Waals surface area contributed by atoms with E-state index in [0.29, 0.717) is 5.89 Å². The molecule has 0 radical (unpaired) electrons. The van der Waals surface area contributed by atoms with Gasteiger partial charge in [0, 0.05) is 12.5 Å². The van der Waals surface area contributed by atoms with Crippen molar-refractivity contribution in [2.24, 2.45) is 0 Å². The van der Waals surface area contributed by atoms with Crippen LogP contribution in [0.15, 0.2) is 4.52 Å². The lowest BCUT2D eigenvalue weighted by atomic mass is 9.94. The lowest BCUT2D eigenvalue weighted by molar-refractivity contribution is -0.0705. The highest BCUT2D eigenvalue weighted by atomic mass is 16.5. The molecule has 2 atom stereocenters. The number of hydrogen-bond acceptors (Lipinski definition) is 5. The highest BCUT2D eigenvalue weighted by molar-refractivity contribution is 5.02. The molecule has 108 valence electrons. The first-order valence-electron chi connectivity index (χ1n) is 7.02. The van der Waals surface area contributed by atoms with Crippen molar-refractivity contribution in [3.05, 3.63) is 11.7 Å². The maximum atomic E-state index is 6.08. The van der Waals surface area contributed by atoms with Crippen LogP contribution in [-0.2, 0) is 11.2 Å². The Balaban J connectivity index is 2.04. The van der Waals surface area contributed by atoms with Crippen molar-refractivity contribution in [3.8, 4) is 0 Å². The van der Waals surface area contributed by atoms with E-state index in [0.717, 1.165) is 18.7 Å². The molecule has 1 fully saturated rings. The fraction of sp³-hybridized carbons (Fsp3) is 0.857. The van der Waals surface area contributed by atoms with Gasteiger partial charge in [-0.1, -0.05) is 12.1 Å². The number of aromatic nitrogens is 2. The van der Waals surface area contributed by atoms with Gasteiger partial charge in [0.05, 0.1) is 17.2 Å². The van der Waals surface area contributed by atoms with Crippen LogP contribution < -0.4 is 5.32 Å². The van der Waals surface area contributed by atoms with Crippen LogP contribution >= 0.6 is 0 Å². The first-order valence-corrected chi connectivity index (χ1v) is 7.02. The molecular formula is C14H25N3O2. The summed E-state index contributed by atoms with van der Waals surface area (Å²) in [5, 5.41) is 7.50. The molecule has 0 unspecified atom stereocenters. The molecule has 19 heavy (non-hydrogen) atoms. The van der Waals surface area contributed by atoms with E-state index in [2.05, 4.69) is 43.2 Å². The molecule has 0 bridgehead atoms. The molecule has 0 saturated carbocycles. The maximum absolute atomic E-state index is 6.08. The van der Waals surface area contributed by atoms with Gasteiger partial charge in [-0.25, -0.2) is 0 Å². The highest BCUT2D eigenvalue weighted by Crippen LogP contribution is 2.38. The standard InChI is InChI=1S/C14H25N3O2/c1-7-11-16-12(18-17-11)9(2)15-10-8-13(3,4)19-14(10,5)6/h9-10,15H,7-8H2,1-6H3/t9-,10+/m0/s1. The Kier molecular flexibility index (Phi) is 3.71. The fourth-order valence-corrected chi connectivity index (χ4v) is 2.78. The van der Waals surface area contributed by atoms with Crippen molar-refractivity contribution in [1.29, 1.82) is 0 Å². The predicted molar refractivity (Wildman–Crippen MR) is 72.9 cm³/mol. The molecule has 0 aliphatic carbocycles. The summed E-state index contributed by atoms with van der Waals surface area (Å²) in [5.74, 6) is 1.41. The van der Waals surface area contributed by atoms with E-state index < -0.39 is 0 Å². The zero-order valence-corrected chi connectivity index (χ0v) is 12.8. The van der Waals surface area contributed by atoms with E-state index in [-0.39, 0.29) is 23.3 Å². The molecule has 5 heteroatoms. The van der Waals surface area contributed by atoms with Gasteiger partial charge in [-0.15, -0.1) is 0 Å². The third-order valence-electron chi connectivity index (χ3n) is 3.70. The van der Waals surface area contributed by atoms with Crippen LogP contribution in [0.2, 0.25) is 0 Å². The second kappa shape index (κ2) is 4.87. The molecule has 1 aliphatic rings. The number of ether oxygens (including phenoxy) is 1. The van der Waals surface area contributed by atoms with Crippen molar-refractivity contribution < 1.29 is 9.26 Å². The number of nitrogens with one attached hydrogen (secondary N) is 1. The second-order valence-electron chi connectivity index (χ2n) is 6.51. The molecule has 0 amide bonds. The van der Waals surface area contributed by atoms with Crippen LogP contribution in [0.4, 0.5) is 0 Å². The molecule has 5 nitrogen and oxygen atoms in total. The van der Waals surface area contributed by atoms with Crippen LogP contribution in [-0.4, -0.2) is 27.4 Å². The molecule has 1 aliphatic heterocycles. The SMILES string of the molecule is CCc1noc([C@H](C)N[C@@H]2CC(C)(C)OC2(C)C)n1. The van der Waals surface area contributed by atoms with Gasteiger partial charge in [0.1, 0.15) is 0 Å². The average molecular weight is 267 g/mol. The van der Waals surface area contributed by atoms with Crippen LogP contribution in [0.3, 0.4) is 0 Å². The van der Waals surface area contributed by atoms with Crippen molar-refractivity contribution in [2.45, 2.75) is 77.7 Å². The zero-order chi connectivity index (χ0) is 14.3. The third-order valence-corrected chi connectivity index (χ3v) is 3.70. The minimum atomic E-state index is -0.189. The van der Waals surface area contributed by atoms with E-state index >= 15 is 0 Å². The van der Waals surface area contributed by atoms with Crippen LogP contribution in [0.25, 0.3) is 0 Å². The Morgan fingerprint density at radius 3 is 2.53 bits per heavy atom. The average Bonchev–Trinajstić information content (AvgIpc) is 2.81. The number of nitrogens with zero attached hydrogens (tertiary/aromatic N) is 2. The maximum Gasteiger partial charge on any atom is 0.243 e. The summed E-state index contributed by atoms with van der Waals surface area (Å²) < 4.78 is 11.4. The van der Waals surface area contributed by atoms with Gasteiger partial charge in [0.2, 0.25) is 5.89 Å². The molecule has 1 saturated heterocycles. The largest absolute Gasteiger partial charge is 0.368 e. The Morgan fingerprint density at radius 1 is 1.37 bits per heavy atom. The monoisotopic (exact) mass is 267 g/mol. The van der Waals surface area contributed by atoms with Crippen LogP contribution in [0.5, 0.6) is 0 Å². The van der Waals surface area contributed by atoms with Crippen LogP contribution in [0, 0.1) is 0 Å². The molecule has 1 N–H and O–H groups in total. The van der Waals surface area contributed by atoms with Crippen molar-refractivity contribution in [3.63, 3.8) is 0 Å². The summed E-state index contributed by atoms with van der Waals surface area (Å²) in [6.45, 7) is 12.6. The minimum absolute atomic E-state index is 0.0366. The summed E-state index contributed by atoms with van der Waals surface area (Å²) in [4.78, 5) is 4.37. The molecular weight excluding hydrogens is 242 g/mol. The Hall–Kier alpha value is -0.940. The van der Waals surface area contributed by atoms with E-state index in [9.17, 15) is 0 Å². The molecule has 2 heterocycles. The van der Waals surface area contributed by atoms with Gasteiger partial charge in [-0.05, 0) is 41.0 Å². The normalized spacial score (nSPS) is 26.5. The van der Waals surface area contributed by atoms with Gasteiger partial charge >= 0.3 is 0 Å². The van der Waals surface area contributed by atoms with E-state index in [4.69, 9.17) is 9.26 Å². The second-order valence-corrected chi connectivity index (χ2v) is 6.51. The van der Waals surface area contributed by atoms with Crippen molar-refractivity contribution >= 4 is 0 Å². The van der Waals surface area contributed by atoms with E-state index in [1.54, 1.807) is 0 Å². The summed E-state index contributed by atoms with van der Waals surface area (Å²) in [5.41, 5.74) is -0.282. The van der Waals surface area contributed by atoms with E-state index in [1.165, 1.54) is 0 Å². The van der Waals surface area contributed by atoms with Crippen molar-refractivity contribution in [1.82, 2.24) is 15.5 Å². The van der Waals surface area contributed by atoms with Gasteiger partial charge in [-0.2, -0.15) is 4.98 Å². The summed E-state index contributed by atoms with van der Waals surface area (Å²) in [6.07, 6.45) is 1.76. The van der Waals surface area contributed by atoms with Gasteiger partial charge in [0.15, 0.2) is 5.82 Å². The van der Waals surface area contributed by atoms with E-state index in [1.807, 2.05) is 13.8 Å². The lowest BCUT2D eigenvalue weighted by Crippen LogP contribution is -2.44. The third kappa shape index (κ3) is 3.15. The predicted octanol–water partition coefficient (Wildman–Crippen LogP) is 2.63. The van der Waals surface area contributed by atoms with Gasteiger partial charge < -0.3 is 14.6 Å². The molecule has 2 rings (SSSR count). The molecule has 0 spiro atoms. The first kappa shape index (κ1) is 14.5. The summed E-state index contributed by atoms with van der Waals surface area (Å²) in [7, 11) is 0. The first-order chi connectivity index (χ1) is 8.73. The number of hydrogen-bond donors (Lipinski definition) is 1. The lowest BCUT2D eigenvalue weighted by Gasteiger charge is -2.29. The molecule has 1 aromatic heterocycles. The summed E-state index contributed by atoms with van der Waals surface area (Å²) in [6, 6.07) is 0.309. The number of rotatable bonds is 4. The molecule has 1 aromatic rings. The van der Waals surface area contributed by atoms with Gasteiger partial charge in [0.25, 0.3) is 0 Å². The Morgan fingerprint density at radius 2 is 2.05 bits per heavy atom. The minimum Gasteiger partial charge on any atom is -0.368 e. The molecule has 0 aromatic carbocycles. The topological polar surface area (TPSA) is 60.2 Å². The fourth-order valence-electron chi connectivity index (χ4n) is 2.78. The smallest absolute Gasteiger partial charge is 0.243 e. The Bertz CT molecular complexity index is 440. The van der Waals surface area contributed by atoms with Crippen LogP contribution in [0.1, 0.15) is 65.7 Å². The summed E-state index contributed by atoms with van der Waals surface area (Å²) >= 11 is 0. The number of aryl methyl sites for hydroxylation is 1. The highest BCUT2D eigenvalue weighted by Gasteiger charge is 2.46. The van der Waals surface area contributed by atoms with Gasteiger partial charge in [-0.3, -0.25) is 0 Å². The quantitative estimate of drug-likeness (QED) is 0.908.